The van der Waals surface area contributed by atoms with Crippen LogP contribution in [0.15, 0.2) is 18.2 Å². The van der Waals surface area contributed by atoms with Crippen molar-refractivity contribution in [3.8, 4) is 0 Å². The number of rotatable bonds is 6. The summed E-state index contributed by atoms with van der Waals surface area (Å²) in [5.74, 6) is -0.336. The predicted molar refractivity (Wildman–Crippen MR) is 64.0 cm³/mol. The summed E-state index contributed by atoms with van der Waals surface area (Å²) < 4.78 is 18.9. The zero-order chi connectivity index (χ0) is 12.3. The fourth-order valence-corrected chi connectivity index (χ4v) is 1.98. The largest absolute Gasteiger partial charge is 0.383 e. The summed E-state index contributed by atoms with van der Waals surface area (Å²) in [6.45, 7) is 1.14. The first-order valence-electron chi connectivity index (χ1n) is 5.77. The molecule has 4 heteroatoms. The Morgan fingerprint density at radius 1 is 1.53 bits per heavy atom. The molecule has 0 aliphatic heterocycles. The highest BCUT2D eigenvalue weighted by atomic mass is 19.1. The lowest BCUT2D eigenvalue weighted by molar-refractivity contribution is 0.112. The molecule has 1 aromatic carbocycles. The molecule has 0 amide bonds. The highest BCUT2D eigenvalue weighted by Crippen LogP contribution is 2.34. The number of carbonyl (C=O) groups is 1. The zero-order valence-electron chi connectivity index (χ0n) is 9.86. The van der Waals surface area contributed by atoms with Crippen molar-refractivity contribution in [1.29, 1.82) is 0 Å². The number of anilines is 1. The second-order valence-electron chi connectivity index (χ2n) is 4.21. The van der Waals surface area contributed by atoms with Crippen molar-refractivity contribution >= 4 is 12.0 Å². The number of nitrogens with zero attached hydrogens (tertiary/aromatic N) is 1. The van der Waals surface area contributed by atoms with Gasteiger partial charge in [0, 0.05) is 25.3 Å². The Balaban J connectivity index is 2.30. The van der Waals surface area contributed by atoms with Crippen LogP contribution < -0.4 is 4.90 Å². The molecule has 0 atom stereocenters. The predicted octanol–water partition coefficient (Wildman–Crippen LogP) is 2.25. The molecule has 0 heterocycles. The third-order valence-electron chi connectivity index (χ3n) is 2.96. The van der Waals surface area contributed by atoms with E-state index in [1.807, 2.05) is 4.90 Å². The third-order valence-corrected chi connectivity index (χ3v) is 2.96. The monoisotopic (exact) mass is 237 g/mol. The first-order valence-corrected chi connectivity index (χ1v) is 5.77. The van der Waals surface area contributed by atoms with Gasteiger partial charge in [-0.05, 0) is 25.0 Å². The third kappa shape index (κ3) is 2.64. The quantitative estimate of drug-likeness (QED) is 0.711. The van der Waals surface area contributed by atoms with Crippen molar-refractivity contribution in [1.82, 2.24) is 0 Å². The highest BCUT2D eigenvalue weighted by Gasteiger charge is 2.31. The van der Waals surface area contributed by atoms with Crippen LogP contribution in [0.1, 0.15) is 23.2 Å². The lowest BCUT2D eigenvalue weighted by atomic mass is 10.1. The summed E-state index contributed by atoms with van der Waals surface area (Å²) >= 11 is 0. The van der Waals surface area contributed by atoms with Crippen LogP contribution in [-0.4, -0.2) is 32.6 Å². The first kappa shape index (κ1) is 12.0. The summed E-state index contributed by atoms with van der Waals surface area (Å²) in [5, 5.41) is 0. The molecule has 2 rings (SSSR count). The number of ether oxygens (including phenoxy) is 1. The Labute approximate surface area is 100 Å². The van der Waals surface area contributed by atoms with Crippen molar-refractivity contribution in [2.75, 3.05) is 25.2 Å². The van der Waals surface area contributed by atoms with Gasteiger partial charge in [-0.25, -0.2) is 4.39 Å². The molecule has 1 aliphatic rings. The molecule has 0 bridgehead atoms. The Morgan fingerprint density at radius 3 is 2.88 bits per heavy atom. The maximum Gasteiger partial charge on any atom is 0.152 e. The average molecular weight is 237 g/mol. The summed E-state index contributed by atoms with van der Waals surface area (Å²) in [4.78, 5) is 12.9. The van der Waals surface area contributed by atoms with Gasteiger partial charge in [0.25, 0.3) is 0 Å². The van der Waals surface area contributed by atoms with Gasteiger partial charge in [-0.1, -0.05) is 6.07 Å². The minimum absolute atomic E-state index is 0.336. The fourth-order valence-electron chi connectivity index (χ4n) is 1.98. The maximum atomic E-state index is 13.9. The molecule has 17 heavy (non-hydrogen) atoms. The lowest BCUT2D eigenvalue weighted by Gasteiger charge is -2.26. The van der Waals surface area contributed by atoms with Crippen molar-refractivity contribution in [2.24, 2.45) is 0 Å². The molecule has 0 saturated heterocycles. The molecule has 1 saturated carbocycles. The van der Waals surface area contributed by atoms with E-state index in [0.29, 0.717) is 36.7 Å². The van der Waals surface area contributed by atoms with Crippen LogP contribution in [0.2, 0.25) is 0 Å². The Hall–Kier alpha value is -1.42. The molecule has 1 fully saturated rings. The van der Waals surface area contributed by atoms with E-state index in [2.05, 4.69) is 0 Å². The SMILES string of the molecule is COCCN(c1c(F)cccc1C=O)C1CC1. The molecule has 3 nitrogen and oxygen atoms in total. The van der Waals surface area contributed by atoms with E-state index in [1.165, 1.54) is 6.07 Å². The van der Waals surface area contributed by atoms with Gasteiger partial charge in [0.2, 0.25) is 0 Å². The molecule has 0 unspecified atom stereocenters. The Kier molecular flexibility index (Phi) is 3.74. The molecule has 92 valence electrons. The van der Waals surface area contributed by atoms with Gasteiger partial charge in [-0.2, -0.15) is 0 Å². The summed E-state index contributed by atoms with van der Waals surface area (Å²) in [7, 11) is 1.62. The van der Waals surface area contributed by atoms with Gasteiger partial charge in [-0.15, -0.1) is 0 Å². The van der Waals surface area contributed by atoms with E-state index < -0.39 is 0 Å². The number of aldehydes is 1. The minimum atomic E-state index is -0.336. The molecular weight excluding hydrogens is 221 g/mol. The van der Waals surface area contributed by atoms with E-state index in [4.69, 9.17) is 4.74 Å². The fraction of sp³-hybridized carbons (Fsp3) is 0.462. The number of para-hydroxylation sites is 1. The Bertz CT molecular complexity index is 404. The smallest absolute Gasteiger partial charge is 0.152 e. The van der Waals surface area contributed by atoms with Crippen LogP contribution in [0.3, 0.4) is 0 Å². The van der Waals surface area contributed by atoms with Crippen LogP contribution in [0.5, 0.6) is 0 Å². The zero-order valence-corrected chi connectivity index (χ0v) is 9.86. The van der Waals surface area contributed by atoms with Gasteiger partial charge < -0.3 is 9.64 Å². The number of halogens is 1. The van der Waals surface area contributed by atoms with Crippen molar-refractivity contribution < 1.29 is 13.9 Å². The number of hydrogen-bond donors (Lipinski definition) is 0. The maximum absolute atomic E-state index is 13.9. The van der Waals surface area contributed by atoms with Crippen LogP contribution >= 0.6 is 0 Å². The number of benzene rings is 1. The topological polar surface area (TPSA) is 29.5 Å². The van der Waals surface area contributed by atoms with E-state index >= 15 is 0 Å². The summed E-state index contributed by atoms with van der Waals surface area (Å²) in [6, 6.07) is 4.95. The van der Waals surface area contributed by atoms with Crippen LogP contribution in [0.4, 0.5) is 10.1 Å². The van der Waals surface area contributed by atoms with Crippen LogP contribution in [-0.2, 0) is 4.74 Å². The molecule has 1 aromatic rings. The standard InChI is InChI=1S/C13H16FNO2/c1-17-8-7-15(11-5-6-11)13-10(9-16)3-2-4-12(13)14/h2-4,9,11H,5-8H2,1H3. The van der Waals surface area contributed by atoms with Gasteiger partial charge in [0.05, 0.1) is 12.3 Å². The van der Waals surface area contributed by atoms with E-state index in [9.17, 15) is 9.18 Å². The number of hydrogen-bond acceptors (Lipinski definition) is 3. The second-order valence-corrected chi connectivity index (χ2v) is 4.21. The van der Waals surface area contributed by atoms with Crippen molar-refractivity contribution in [2.45, 2.75) is 18.9 Å². The average Bonchev–Trinajstić information content (AvgIpc) is 3.15. The van der Waals surface area contributed by atoms with Gasteiger partial charge in [0.15, 0.2) is 6.29 Å². The van der Waals surface area contributed by atoms with E-state index in [1.54, 1.807) is 19.2 Å². The van der Waals surface area contributed by atoms with E-state index in [0.717, 1.165) is 12.8 Å². The summed E-state index contributed by atoms with van der Waals surface area (Å²) in [5.41, 5.74) is 0.829. The molecule has 0 spiro atoms. The summed E-state index contributed by atoms with van der Waals surface area (Å²) in [6.07, 6.45) is 2.81. The first-order chi connectivity index (χ1) is 8.27. The lowest BCUT2D eigenvalue weighted by Crippen LogP contribution is -2.31. The van der Waals surface area contributed by atoms with Crippen molar-refractivity contribution in [3.63, 3.8) is 0 Å². The second kappa shape index (κ2) is 5.27. The number of carbonyl (C=O) groups excluding carboxylic acids is 1. The van der Waals surface area contributed by atoms with Gasteiger partial charge in [-0.3, -0.25) is 4.79 Å². The van der Waals surface area contributed by atoms with Crippen LogP contribution in [0, 0.1) is 5.82 Å². The van der Waals surface area contributed by atoms with Gasteiger partial charge in [0.1, 0.15) is 5.82 Å². The molecule has 0 N–H and O–H groups in total. The minimum Gasteiger partial charge on any atom is -0.383 e. The Morgan fingerprint density at radius 2 is 2.29 bits per heavy atom. The molecule has 1 aliphatic carbocycles. The van der Waals surface area contributed by atoms with Gasteiger partial charge >= 0.3 is 0 Å². The molecule has 0 aromatic heterocycles. The molecular formula is C13H16FNO2. The van der Waals surface area contributed by atoms with Crippen molar-refractivity contribution in [3.05, 3.63) is 29.6 Å². The normalized spacial score (nSPS) is 14.7. The van der Waals surface area contributed by atoms with E-state index in [-0.39, 0.29) is 5.82 Å². The highest BCUT2D eigenvalue weighted by molar-refractivity contribution is 5.85. The number of methoxy groups -OCH3 is 1. The van der Waals surface area contributed by atoms with Crippen LogP contribution in [0.25, 0.3) is 0 Å². The molecule has 0 radical (unpaired) electrons.